The number of hydrogen-bond acceptors (Lipinski definition) is 2. The Morgan fingerprint density at radius 2 is 2.15 bits per heavy atom. The van der Waals surface area contributed by atoms with Crippen molar-refractivity contribution in [2.24, 2.45) is 35.5 Å². The molecule has 0 amide bonds. The molecule has 6 atom stereocenters. The maximum absolute atomic E-state index is 11.3. The van der Waals surface area contributed by atoms with Gasteiger partial charge in [0.15, 0.2) is 0 Å². The molecule has 68 valence electrons. The molecule has 0 aromatic carbocycles. The second-order valence-electron chi connectivity index (χ2n) is 4.92. The molecule has 3 aliphatic carbocycles. The molecular weight excluding hydrogens is 162 g/mol. The Bertz CT molecular complexity index is 317. The summed E-state index contributed by atoms with van der Waals surface area (Å²) in [5, 5.41) is 8.91. The van der Waals surface area contributed by atoms with E-state index in [1.165, 1.54) is 6.42 Å². The van der Waals surface area contributed by atoms with Crippen molar-refractivity contribution in [3.63, 3.8) is 0 Å². The van der Waals surface area contributed by atoms with Gasteiger partial charge in [-0.3, -0.25) is 4.79 Å². The van der Waals surface area contributed by atoms with Crippen LogP contribution >= 0.6 is 0 Å². The van der Waals surface area contributed by atoms with Gasteiger partial charge in [0.25, 0.3) is 0 Å². The van der Waals surface area contributed by atoms with E-state index in [1.54, 1.807) is 6.92 Å². The van der Waals surface area contributed by atoms with Gasteiger partial charge in [-0.05, 0) is 43.4 Å². The lowest BCUT2D eigenvalue weighted by molar-refractivity contribution is -0.119. The minimum atomic E-state index is 0.274. The number of nitriles is 1. The van der Waals surface area contributed by atoms with Crippen LogP contribution in [0.25, 0.3) is 0 Å². The fourth-order valence-electron chi connectivity index (χ4n) is 4.06. The van der Waals surface area contributed by atoms with Crippen molar-refractivity contribution in [1.29, 1.82) is 5.26 Å². The summed E-state index contributed by atoms with van der Waals surface area (Å²) in [4.78, 5) is 11.3. The van der Waals surface area contributed by atoms with Crippen LogP contribution in [0.1, 0.15) is 19.8 Å². The summed E-state index contributed by atoms with van der Waals surface area (Å²) in [5.41, 5.74) is 0. The zero-order valence-electron chi connectivity index (χ0n) is 7.73. The molecule has 0 aliphatic heterocycles. The summed E-state index contributed by atoms with van der Waals surface area (Å²) in [6.45, 7) is 1.71. The normalized spacial score (nSPS) is 55.7. The molecule has 13 heavy (non-hydrogen) atoms. The van der Waals surface area contributed by atoms with E-state index in [2.05, 4.69) is 6.07 Å². The largest absolute Gasteiger partial charge is 0.300 e. The lowest BCUT2D eigenvalue weighted by atomic mass is 9.90. The van der Waals surface area contributed by atoms with E-state index in [9.17, 15) is 4.79 Å². The summed E-state index contributed by atoms with van der Waals surface area (Å²) < 4.78 is 0. The standard InChI is InChI=1S/C11H13NO/c1-5(13)9-10-6-2-7(4-12)8(3-6)11(9)10/h6-11H,2-3H2,1H3/t6-,7?,8-,9+,10-,11+/m0/s1. The Hall–Kier alpha value is -0.840. The Labute approximate surface area is 77.9 Å². The average Bonchev–Trinajstić information content (AvgIpc) is 2.61. The number of Topliss-reactive ketones (excluding diaryl/α,β-unsaturated/α-hetero) is 1. The molecule has 0 saturated heterocycles. The van der Waals surface area contributed by atoms with Crippen molar-refractivity contribution >= 4 is 5.78 Å². The predicted octanol–water partition coefficient (Wildman–Crippen LogP) is 1.62. The molecule has 3 fully saturated rings. The van der Waals surface area contributed by atoms with Crippen LogP contribution in [0.4, 0.5) is 0 Å². The van der Waals surface area contributed by atoms with E-state index >= 15 is 0 Å². The minimum absolute atomic E-state index is 0.274. The third kappa shape index (κ3) is 0.757. The van der Waals surface area contributed by atoms with E-state index in [4.69, 9.17) is 5.26 Å². The summed E-state index contributed by atoms with van der Waals surface area (Å²) in [7, 11) is 0. The summed E-state index contributed by atoms with van der Waals surface area (Å²) >= 11 is 0. The number of rotatable bonds is 1. The number of ketones is 1. The molecule has 0 heterocycles. The van der Waals surface area contributed by atoms with Crippen LogP contribution in [-0.4, -0.2) is 5.78 Å². The maximum atomic E-state index is 11.3. The average molecular weight is 175 g/mol. The zero-order chi connectivity index (χ0) is 9.16. The number of fused-ring (bicyclic) bond motifs is 5. The Balaban J connectivity index is 1.85. The molecule has 3 aliphatic rings. The second kappa shape index (κ2) is 2.15. The molecule has 0 aromatic rings. The number of carbonyl (C=O) groups is 1. The minimum Gasteiger partial charge on any atom is -0.300 e. The monoisotopic (exact) mass is 175 g/mol. The van der Waals surface area contributed by atoms with Gasteiger partial charge in [0.05, 0.1) is 6.07 Å². The van der Waals surface area contributed by atoms with Gasteiger partial charge in [0.2, 0.25) is 0 Å². The van der Waals surface area contributed by atoms with Crippen molar-refractivity contribution in [2.45, 2.75) is 19.8 Å². The molecule has 2 bridgehead atoms. The molecular formula is C11H13NO. The van der Waals surface area contributed by atoms with E-state index in [0.29, 0.717) is 35.4 Å². The fourth-order valence-corrected chi connectivity index (χ4v) is 4.06. The molecule has 0 spiro atoms. The highest BCUT2D eigenvalue weighted by molar-refractivity contribution is 5.82. The quantitative estimate of drug-likeness (QED) is 0.607. The van der Waals surface area contributed by atoms with Crippen LogP contribution < -0.4 is 0 Å². The van der Waals surface area contributed by atoms with Crippen molar-refractivity contribution in [1.82, 2.24) is 0 Å². The van der Waals surface area contributed by atoms with Crippen molar-refractivity contribution in [3.05, 3.63) is 0 Å². The van der Waals surface area contributed by atoms with E-state index in [0.717, 1.165) is 6.42 Å². The first kappa shape index (κ1) is 7.55. The Kier molecular flexibility index (Phi) is 1.25. The van der Waals surface area contributed by atoms with Gasteiger partial charge in [-0.2, -0.15) is 5.26 Å². The van der Waals surface area contributed by atoms with Crippen molar-refractivity contribution in [3.8, 4) is 6.07 Å². The van der Waals surface area contributed by atoms with Gasteiger partial charge in [0, 0.05) is 11.8 Å². The van der Waals surface area contributed by atoms with Crippen LogP contribution in [-0.2, 0) is 4.79 Å². The number of carbonyl (C=O) groups excluding carboxylic acids is 1. The summed E-state index contributed by atoms with van der Waals surface area (Å²) in [5.74, 6) is 3.58. The third-order valence-electron chi connectivity index (χ3n) is 4.46. The van der Waals surface area contributed by atoms with Crippen LogP contribution in [0.15, 0.2) is 0 Å². The topological polar surface area (TPSA) is 40.9 Å². The Morgan fingerprint density at radius 3 is 2.77 bits per heavy atom. The highest BCUT2D eigenvalue weighted by Crippen LogP contribution is 2.70. The lowest BCUT2D eigenvalue weighted by Crippen LogP contribution is -2.11. The molecule has 2 heteroatoms. The van der Waals surface area contributed by atoms with E-state index < -0.39 is 0 Å². The first-order chi connectivity index (χ1) is 6.24. The van der Waals surface area contributed by atoms with Crippen LogP contribution in [0, 0.1) is 46.8 Å². The summed E-state index contributed by atoms with van der Waals surface area (Å²) in [6.07, 6.45) is 2.31. The number of hydrogen-bond donors (Lipinski definition) is 0. The molecule has 3 saturated carbocycles. The van der Waals surface area contributed by atoms with E-state index in [1.807, 2.05) is 0 Å². The highest BCUT2D eigenvalue weighted by Gasteiger charge is 2.69. The summed E-state index contributed by atoms with van der Waals surface area (Å²) in [6, 6.07) is 2.40. The van der Waals surface area contributed by atoms with Crippen LogP contribution in [0.3, 0.4) is 0 Å². The maximum Gasteiger partial charge on any atom is 0.133 e. The molecule has 1 unspecified atom stereocenters. The fraction of sp³-hybridized carbons (Fsp3) is 0.818. The lowest BCUT2D eigenvalue weighted by Gasteiger charge is -2.12. The van der Waals surface area contributed by atoms with E-state index in [-0.39, 0.29) is 5.92 Å². The smallest absolute Gasteiger partial charge is 0.133 e. The second-order valence-corrected chi connectivity index (χ2v) is 4.92. The van der Waals surface area contributed by atoms with Crippen LogP contribution in [0.2, 0.25) is 0 Å². The third-order valence-corrected chi connectivity index (χ3v) is 4.46. The number of nitrogens with zero attached hydrogens (tertiary/aromatic N) is 1. The van der Waals surface area contributed by atoms with Crippen molar-refractivity contribution < 1.29 is 4.79 Å². The van der Waals surface area contributed by atoms with Gasteiger partial charge < -0.3 is 0 Å². The molecule has 3 rings (SSSR count). The van der Waals surface area contributed by atoms with Crippen LogP contribution in [0.5, 0.6) is 0 Å². The molecule has 0 aromatic heterocycles. The highest BCUT2D eigenvalue weighted by atomic mass is 16.1. The molecule has 0 N–H and O–H groups in total. The molecule has 0 radical (unpaired) electrons. The van der Waals surface area contributed by atoms with Gasteiger partial charge in [-0.15, -0.1) is 0 Å². The van der Waals surface area contributed by atoms with Gasteiger partial charge in [0.1, 0.15) is 5.78 Å². The van der Waals surface area contributed by atoms with Gasteiger partial charge in [-0.1, -0.05) is 0 Å². The Morgan fingerprint density at radius 1 is 1.38 bits per heavy atom. The van der Waals surface area contributed by atoms with Crippen molar-refractivity contribution in [2.75, 3.05) is 0 Å². The molecule has 2 nitrogen and oxygen atoms in total. The van der Waals surface area contributed by atoms with Gasteiger partial charge in [-0.25, -0.2) is 0 Å². The van der Waals surface area contributed by atoms with Gasteiger partial charge >= 0.3 is 0 Å². The zero-order valence-corrected chi connectivity index (χ0v) is 7.73. The predicted molar refractivity (Wildman–Crippen MR) is 46.5 cm³/mol. The first-order valence-electron chi connectivity index (χ1n) is 5.14. The first-order valence-corrected chi connectivity index (χ1v) is 5.14. The SMILES string of the molecule is CC(=O)[C@H]1[C@@H]2[C@H]1[C@H]1CC(C#N)[C@@H]2C1.